The maximum Gasteiger partial charge on any atom is 0.266 e. The number of pyridine rings is 1. The van der Waals surface area contributed by atoms with Crippen molar-refractivity contribution >= 4 is 0 Å². The van der Waals surface area contributed by atoms with E-state index in [0.717, 1.165) is 40.4 Å². The Bertz CT molecular complexity index is 991. The van der Waals surface area contributed by atoms with Crippen LogP contribution in [0.2, 0.25) is 0 Å². The quantitative estimate of drug-likeness (QED) is 0.878. The van der Waals surface area contributed by atoms with E-state index in [1.54, 1.807) is 0 Å². The molecule has 1 N–H and O–H groups in total. The average Bonchev–Trinajstić information content (AvgIpc) is 3.10. The predicted molar refractivity (Wildman–Crippen MR) is 103 cm³/mol. The summed E-state index contributed by atoms with van der Waals surface area (Å²) >= 11 is 0. The summed E-state index contributed by atoms with van der Waals surface area (Å²) in [4.78, 5) is 19.5. The highest BCUT2D eigenvalue weighted by atomic mass is 16.5. The van der Waals surface area contributed by atoms with Gasteiger partial charge in [0.2, 0.25) is 5.89 Å². The SMILES string of the molecule is Cc1[nH]c(=O)c(C#N)c(C)c1CCc1nc(C23CC4CC(CC(C4)C2)C3)no1. The molecular formula is C22H26N4O2. The molecule has 0 aliphatic heterocycles. The third-order valence-electron chi connectivity index (χ3n) is 7.49. The smallest absolute Gasteiger partial charge is 0.266 e. The van der Waals surface area contributed by atoms with Crippen molar-refractivity contribution in [2.24, 2.45) is 17.8 Å². The number of aromatic amines is 1. The number of aromatic nitrogens is 3. The number of H-pyrrole nitrogens is 1. The first-order valence-electron chi connectivity index (χ1n) is 10.4. The standard InChI is InChI=1S/C22H26N4O2/c1-12-17(13(2)24-20(27)18(12)11-23)3-4-19-25-21(26-28-19)22-8-14-5-15(9-22)7-16(6-14)10-22/h14-16H,3-10H2,1-2H3,(H,24,27). The molecule has 28 heavy (non-hydrogen) atoms. The molecule has 6 rings (SSSR count). The minimum atomic E-state index is -0.317. The average molecular weight is 378 g/mol. The van der Waals surface area contributed by atoms with Crippen LogP contribution in [0.25, 0.3) is 0 Å². The summed E-state index contributed by atoms with van der Waals surface area (Å²) in [5.41, 5.74) is 2.58. The molecule has 6 nitrogen and oxygen atoms in total. The van der Waals surface area contributed by atoms with Gasteiger partial charge in [0.1, 0.15) is 11.6 Å². The van der Waals surface area contributed by atoms with Gasteiger partial charge in [-0.3, -0.25) is 4.79 Å². The molecule has 4 fully saturated rings. The number of nitrogens with one attached hydrogen (secondary N) is 1. The van der Waals surface area contributed by atoms with Crippen molar-refractivity contribution < 1.29 is 4.52 Å². The molecule has 4 saturated carbocycles. The highest BCUT2D eigenvalue weighted by Gasteiger charge is 2.53. The molecule has 0 saturated heterocycles. The first-order chi connectivity index (χ1) is 13.5. The molecular weight excluding hydrogens is 352 g/mol. The molecule has 2 aromatic rings. The summed E-state index contributed by atoms with van der Waals surface area (Å²) in [6, 6.07) is 2.01. The van der Waals surface area contributed by atoms with Crippen molar-refractivity contribution in [2.45, 2.75) is 70.6 Å². The second-order valence-electron chi connectivity index (χ2n) is 9.38. The van der Waals surface area contributed by atoms with Crippen LogP contribution < -0.4 is 5.56 Å². The lowest BCUT2D eigenvalue weighted by molar-refractivity contribution is -0.0103. The van der Waals surface area contributed by atoms with Gasteiger partial charge >= 0.3 is 0 Å². The van der Waals surface area contributed by atoms with Gasteiger partial charge in [0, 0.05) is 17.5 Å². The van der Waals surface area contributed by atoms with Crippen LogP contribution in [0.1, 0.15) is 72.6 Å². The van der Waals surface area contributed by atoms with Crippen molar-refractivity contribution in [1.82, 2.24) is 15.1 Å². The Morgan fingerprint density at radius 3 is 2.39 bits per heavy atom. The van der Waals surface area contributed by atoms with Gasteiger partial charge in [-0.1, -0.05) is 5.16 Å². The Balaban J connectivity index is 1.36. The van der Waals surface area contributed by atoms with E-state index in [0.29, 0.717) is 18.7 Å². The van der Waals surface area contributed by atoms with E-state index in [2.05, 4.69) is 10.1 Å². The Morgan fingerprint density at radius 2 is 1.79 bits per heavy atom. The van der Waals surface area contributed by atoms with E-state index in [9.17, 15) is 10.1 Å². The zero-order valence-electron chi connectivity index (χ0n) is 16.5. The summed E-state index contributed by atoms with van der Waals surface area (Å²) in [6.45, 7) is 3.71. The van der Waals surface area contributed by atoms with Crippen LogP contribution in [0.15, 0.2) is 9.32 Å². The Hall–Kier alpha value is -2.42. The second kappa shape index (κ2) is 6.30. The minimum absolute atomic E-state index is 0.147. The molecule has 4 aliphatic rings. The largest absolute Gasteiger partial charge is 0.339 e. The molecule has 0 spiro atoms. The summed E-state index contributed by atoms with van der Waals surface area (Å²) in [6.07, 6.45) is 9.16. The van der Waals surface area contributed by atoms with E-state index in [4.69, 9.17) is 9.51 Å². The lowest BCUT2D eigenvalue weighted by Gasteiger charge is -2.55. The summed E-state index contributed by atoms with van der Waals surface area (Å²) in [5, 5.41) is 13.7. The predicted octanol–water partition coefficient (Wildman–Crippen LogP) is 3.50. The van der Waals surface area contributed by atoms with Gasteiger partial charge in [-0.15, -0.1) is 0 Å². The van der Waals surface area contributed by atoms with Crippen molar-refractivity contribution in [3.05, 3.63) is 44.5 Å². The van der Waals surface area contributed by atoms with Crippen LogP contribution in [0, 0.1) is 42.9 Å². The fourth-order valence-corrected chi connectivity index (χ4v) is 6.61. The molecule has 6 heteroatoms. The molecule has 0 radical (unpaired) electrons. The van der Waals surface area contributed by atoms with E-state index in [1.165, 1.54) is 38.5 Å². The number of nitrogens with zero attached hydrogens (tertiary/aromatic N) is 3. The maximum atomic E-state index is 11.9. The van der Waals surface area contributed by atoms with Gasteiger partial charge in [-0.25, -0.2) is 0 Å². The first kappa shape index (κ1) is 17.7. The molecule has 4 aliphatic carbocycles. The molecule has 0 aromatic carbocycles. The van der Waals surface area contributed by atoms with Gasteiger partial charge in [-0.2, -0.15) is 10.2 Å². The number of rotatable bonds is 4. The van der Waals surface area contributed by atoms with Crippen LogP contribution in [0.4, 0.5) is 0 Å². The molecule has 0 atom stereocenters. The molecule has 2 heterocycles. The van der Waals surface area contributed by atoms with Gasteiger partial charge in [0.15, 0.2) is 5.82 Å². The van der Waals surface area contributed by atoms with E-state index >= 15 is 0 Å². The van der Waals surface area contributed by atoms with Gasteiger partial charge in [-0.05, 0) is 87.7 Å². The zero-order chi connectivity index (χ0) is 19.5. The minimum Gasteiger partial charge on any atom is -0.339 e. The Kier molecular flexibility index (Phi) is 3.97. The van der Waals surface area contributed by atoms with Crippen LogP contribution in [-0.2, 0) is 18.3 Å². The van der Waals surface area contributed by atoms with Crippen LogP contribution >= 0.6 is 0 Å². The Labute approximate surface area is 164 Å². The van der Waals surface area contributed by atoms with Crippen molar-refractivity contribution in [3.8, 4) is 6.07 Å². The fraction of sp³-hybridized carbons (Fsp3) is 0.636. The molecule has 2 aromatic heterocycles. The fourth-order valence-electron chi connectivity index (χ4n) is 6.61. The summed E-state index contributed by atoms with van der Waals surface area (Å²) in [5.74, 6) is 4.14. The highest BCUT2D eigenvalue weighted by molar-refractivity contribution is 5.42. The summed E-state index contributed by atoms with van der Waals surface area (Å²) in [7, 11) is 0. The van der Waals surface area contributed by atoms with Gasteiger partial charge < -0.3 is 9.51 Å². The van der Waals surface area contributed by atoms with E-state index < -0.39 is 0 Å². The Morgan fingerprint density at radius 1 is 1.14 bits per heavy atom. The van der Waals surface area contributed by atoms with Crippen molar-refractivity contribution in [3.63, 3.8) is 0 Å². The van der Waals surface area contributed by atoms with Crippen LogP contribution in [0.3, 0.4) is 0 Å². The zero-order valence-corrected chi connectivity index (χ0v) is 16.5. The normalized spacial score (nSPS) is 30.5. The molecule has 4 bridgehead atoms. The van der Waals surface area contributed by atoms with Gasteiger partial charge in [0.05, 0.1) is 0 Å². The molecule has 146 valence electrons. The van der Waals surface area contributed by atoms with E-state index in [1.807, 2.05) is 19.9 Å². The molecule has 0 unspecified atom stereocenters. The lowest BCUT2D eigenvalue weighted by Crippen LogP contribution is -2.49. The number of aryl methyl sites for hydroxylation is 2. The third-order valence-corrected chi connectivity index (χ3v) is 7.49. The first-order valence-corrected chi connectivity index (χ1v) is 10.4. The van der Waals surface area contributed by atoms with Crippen molar-refractivity contribution in [1.29, 1.82) is 5.26 Å². The van der Waals surface area contributed by atoms with Crippen LogP contribution in [0.5, 0.6) is 0 Å². The summed E-state index contributed by atoms with van der Waals surface area (Å²) < 4.78 is 5.64. The van der Waals surface area contributed by atoms with Gasteiger partial charge in [0.25, 0.3) is 5.56 Å². The van der Waals surface area contributed by atoms with Crippen LogP contribution in [-0.4, -0.2) is 15.1 Å². The van der Waals surface area contributed by atoms with Crippen molar-refractivity contribution in [2.75, 3.05) is 0 Å². The monoisotopic (exact) mass is 378 g/mol. The second-order valence-corrected chi connectivity index (χ2v) is 9.38. The number of hydrogen-bond acceptors (Lipinski definition) is 5. The number of hydrogen-bond donors (Lipinski definition) is 1. The molecule has 0 amide bonds. The highest BCUT2D eigenvalue weighted by Crippen LogP contribution is 2.60. The third kappa shape index (κ3) is 2.71. The van der Waals surface area contributed by atoms with E-state index in [-0.39, 0.29) is 16.5 Å². The topological polar surface area (TPSA) is 95.6 Å². The number of nitriles is 1. The maximum absolute atomic E-state index is 11.9. The lowest BCUT2D eigenvalue weighted by atomic mass is 9.49.